The lowest BCUT2D eigenvalue weighted by Gasteiger charge is -2.35. The van der Waals surface area contributed by atoms with Crippen molar-refractivity contribution in [1.29, 1.82) is 0 Å². The van der Waals surface area contributed by atoms with Gasteiger partial charge in [0.25, 0.3) is 0 Å². The maximum absolute atomic E-state index is 6.25. The van der Waals surface area contributed by atoms with Crippen LogP contribution in [0, 0.1) is 6.92 Å². The largest absolute Gasteiger partial charge is 0.377 e. The van der Waals surface area contributed by atoms with E-state index < -0.39 is 0 Å². The van der Waals surface area contributed by atoms with Gasteiger partial charge in [-0.25, -0.2) is 9.98 Å². The lowest BCUT2D eigenvalue weighted by molar-refractivity contribution is 0.380. The lowest BCUT2D eigenvalue weighted by atomic mass is 10.1. The van der Waals surface area contributed by atoms with Crippen molar-refractivity contribution in [3.63, 3.8) is 0 Å². The summed E-state index contributed by atoms with van der Waals surface area (Å²) in [6.07, 6.45) is 1.85. The molecule has 1 aromatic carbocycles. The van der Waals surface area contributed by atoms with Gasteiger partial charge in [-0.2, -0.15) is 0 Å². The number of guanidine groups is 1. The van der Waals surface area contributed by atoms with E-state index in [1.807, 2.05) is 11.6 Å². The van der Waals surface area contributed by atoms with Crippen molar-refractivity contribution in [3.8, 4) is 0 Å². The second kappa shape index (κ2) is 9.40. The van der Waals surface area contributed by atoms with Crippen LogP contribution in [0.5, 0.6) is 0 Å². The SMILES string of the molecule is Cc1ccc(CN=C(N)N2CCN(c3nccs3)CC2)c(N(C)C)c1.I. The van der Waals surface area contributed by atoms with Crippen LogP contribution in [0.4, 0.5) is 10.8 Å². The molecule has 0 spiro atoms. The van der Waals surface area contributed by atoms with Gasteiger partial charge in [-0.05, 0) is 24.1 Å². The Morgan fingerprint density at radius 1 is 1.27 bits per heavy atom. The first-order valence-corrected chi connectivity index (χ1v) is 9.38. The van der Waals surface area contributed by atoms with Crippen LogP contribution >= 0.6 is 35.3 Å². The molecule has 8 heteroatoms. The van der Waals surface area contributed by atoms with Crippen LogP contribution in [0.25, 0.3) is 0 Å². The molecular formula is C18H27IN6S. The summed E-state index contributed by atoms with van der Waals surface area (Å²) >= 11 is 1.68. The number of halogens is 1. The Labute approximate surface area is 176 Å². The number of aromatic nitrogens is 1. The Morgan fingerprint density at radius 2 is 2.00 bits per heavy atom. The van der Waals surface area contributed by atoms with E-state index in [0.29, 0.717) is 12.5 Å². The Hall–Kier alpha value is -1.55. The number of hydrogen-bond acceptors (Lipinski definition) is 5. The number of nitrogens with two attached hydrogens (primary N) is 1. The number of piperazine rings is 1. The molecule has 1 aliphatic rings. The van der Waals surface area contributed by atoms with Gasteiger partial charge < -0.3 is 20.4 Å². The van der Waals surface area contributed by atoms with Gasteiger partial charge in [0.15, 0.2) is 11.1 Å². The first-order valence-electron chi connectivity index (χ1n) is 8.51. The standard InChI is InChI=1S/C18H26N6S.HI/c1-14-4-5-15(16(12-14)22(2)3)13-21-17(19)23-7-9-24(10-8-23)18-20-6-11-25-18;/h4-6,11-12H,7-10,13H2,1-3H3,(H2,19,21);1H. The summed E-state index contributed by atoms with van der Waals surface area (Å²) in [7, 11) is 4.12. The first kappa shape index (κ1) is 20.8. The van der Waals surface area contributed by atoms with Gasteiger partial charge in [-0.1, -0.05) is 12.1 Å². The number of hydrogen-bond donors (Lipinski definition) is 1. The van der Waals surface area contributed by atoms with Crippen LogP contribution in [-0.2, 0) is 6.54 Å². The number of thiazole rings is 1. The minimum absolute atomic E-state index is 0. The molecule has 26 heavy (non-hydrogen) atoms. The van der Waals surface area contributed by atoms with E-state index in [1.54, 1.807) is 11.3 Å². The van der Waals surface area contributed by atoms with Crippen molar-refractivity contribution in [2.24, 2.45) is 10.7 Å². The highest BCUT2D eigenvalue weighted by Crippen LogP contribution is 2.22. The van der Waals surface area contributed by atoms with Crippen molar-refractivity contribution < 1.29 is 0 Å². The van der Waals surface area contributed by atoms with E-state index in [2.05, 4.69) is 63.9 Å². The van der Waals surface area contributed by atoms with Gasteiger partial charge in [0.1, 0.15) is 0 Å². The van der Waals surface area contributed by atoms with Crippen LogP contribution in [0.3, 0.4) is 0 Å². The Morgan fingerprint density at radius 3 is 2.62 bits per heavy atom. The van der Waals surface area contributed by atoms with Gasteiger partial charge >= 0.3 is 0 Å². The summed E-state index contributed by atoms with van der Waals surface area (Å²) in [5.74, 6) is 0.629. The van der Waals surface area contributed by atoms with Crippen molar-refractivity contribution >= 4 is 52.1 Å². The van der Waals surface area contributed by atoms with Crippen LogP contribution in [0.1, 0.15) is 11.1 Å². The minimum atomic E-state index is 0. The molecule has 3 rings (SSSR count). The topological polar surface area (TPSA) is 61.0 Å². The molecule has 0 bridgehead atoms. The molecule has 6 nitrogen and oxygen atoms in total. The molecule has 0 unspecified atom stereocenters. The van der Waals surface area contributed by atoms with Crippen molar-refractivity contribution in [2.75, 3.05) is 50.1 Å². The summed E-state index contributed by atoms with van der Waals surface area (Å²) in [6.45, 7) is 6.32. The lowest BCUT2D eigenvalue weighted by Crippen LogP contribution is -2.51. The molecule has 0 atom stereocenters. The summed E-state index contributed by atoms with van der Waals surface area (Å²) in [4.78, 5) is 15.6. The van der Waals surface area contributed by atoms with Gasteiger partial charge in [-0.3, -0.25) is 0 Å². The number of aryl methyl sites for hydroxylation is 1. The second-order valence-corrected chi connectivity index (χ2v) is 7.36. The molecular weight excluding hydrogens is 459 g/mol. The zero-order valence-electron chi connectivity index (χ0n) is 15.6. The van der Waals surface area contributed by atoms with Crippen molar-refractivity contribution in [2.45, 2.75) is 13.5 Å². The summed E-state index contributed by atoms with van der Waals surface area (Å²) in [5, 5.41) is 3.10. The Kier molecular flexibility index (Phi) is 7.51. The fraction of sp³-hybridized carbons (Fsp3) is 0.444. The zero-order chi connectivity index (χ0) is 17.8. The maximum Gasteiger partial charge on any atom is 0.191 e. The van der Waals surface area contributed by atoms with Crippen molar-refractivity contribution in [1.82, 2.24) is 9.88 Å². The molecule has 142 valence electrons. The zero-order valence-corrected chi connectivity index (χ0v) is 18.7. The molecule has 2 heterocycles. The second-order valence-electron chi connectivity index (χ2n) is 6.49. The highest BCUT2D eigenvalue weighted by Gasteiger charge is 2.19. The molecule has 1 fully saturated rings. The van der Waals surface area contributed by atoms with E-state index in [-0.39, 0.29) is 24.0 Å². The van der Waals surface area contributed by atoms with Gasteiger partial charge in [0, 0.05) is 57.5 Å². The fourth-order valence-corrected chi connectivity index (χ4v) is 3.69. The van der Waals surface area contributed by atoms with Gasteiger partial charge in [-0.15, -0.1) is 35.3 Å². The summed E-state index contributed by atoms with van der Waals surface area (Å²) < 4.78 is 0. The average molecular weight is 486 g/mol. The molecule has 2 aromatic rings. The van der Waals surface area contributed by atoms with E-state index in [9.17, 15) is 0 Å². The van der Waals surface area contributed by atoms with E-state index in [4.69, 9.17) is 5.73 Å². The normalized spacial score (nSPS) is 15.0. The smallest absolute Gasteiger partial charge is 0.191 e. The third-order valence-corrected chi connectivity index (χ3v) is 5.26. The summed E-state index contributed by atoms with van der Waals surface area (Å²) in [6, 6.07) is 6.45. The third kappa shape index (κ3) is 5.00. The Bertz CT molecular complexity index is 723. The molecule has 1 aliphatic heterocycles. The number of anilines is 2. The highest BCUT2D eigenvalue weighted by atomic mass is 127. The number of aliphatic imine (C=N–C) groups is 1. The van der Waals surface area contributed by atoms with E-state index in [1.165, 1.54) is 16.8 Å². The predicted octanol–water partition coefficient (Wildman–Crippen LogP) is 2.77. The maximum atomic E-state index is 6.25. The van der Waals surface area contributed by atoms with Crippen LogP contribution < -0.4 is 15.5 Å². The van der Waals surface area contributed by atoms with Gasteiger partial charge in [0.05, 0.1) is 6.54 Å². The quantitative estimate of drug-likeness (QED) is 0.409. The van der Waals surface area contributed by atoms with Gasteiger partial charge in [0.2, 0.25) is 0 Å². The van der Waals surface area contributed by atoms with Crippen LogP contribution in [0.15, 0.2) is 34.8 Å². The average Bonchev–Trinajstić information content (AvgIpc) is 3.15. The number of nitrogens with zero attached hydrogens (tertiary/aromatic N) is 5. The number of rotatable bonds is 4. The summed E-state index contributed by atoms with van der Waals surface area (Å²) in [5.41, 5.74) is 9.89. The molecule has 1 saturated heterocycles. The molecule has 0 aliphatic carbocycles. The third-order valence-electron chi connectivity index (χ3n) is 4.43. The van der Waals surface area contributed by atoms with Crippen LogP contribution in [-0.4, -0.2) is 56.1 Å². The molecule has 0 saturated carbocycles. The molecule has 0 amide bonds. The van der Waals surface area contributed by atoms with Crippen molar-refractivity contribution in [3.05, 3.63) is 40.9 Å². The van der Waals surface area contributed by atoms with E-state index in [0.717, 1.165) is 31.3 Å². The molecule has 2 N–H and O–H groups in total. The predicted molar refractivity (Wildman–Crippen MR) is 122 cm³/mol. The monoisotopic (exact) mass is 486 g/mol. The number of benzene rings is 1. The van der Waals surface area contributed by atoms with Crippen LogP contribution in [0.2, 0.25) is 0 Å². The van der Waals surface area contributed by atoms with E-state index >= 15 is 0 Å². The first-order chi connectivity index (χ1) is 12.0. The fourth-order valence-electron chi connectivity index (χ4n) is 2.99. The molecule has 0 radical (unpaired) electrons. The Balaban J connectivity index is 0.00000243. The highest BCUT2D eigenvalue weighted by molar-refractivity contribution is 14.0. The minimum Gasteiger partial charge on any atom is -0.377 e. The molecule has 1 aromatic heterocycles.